The number of nitrogens with one attached hydrogen (secondary N) is 1. The Morgan fingerprint density at radius 1 is 1.15 bits per heavy atom. The Balaban J connectivity index is 2.12. The van der Waals surface area contributed by atoms with Gasteiger partial charge in [0.1, 0.15) is 30.8 Å². The number of carbonyl (C=O) groups excluding carboxylic acids is 2. The van der Waals surface area contributed by atoms with Gasteiger partial charge in [0.25, 0.3) is 0 Å². The molecule has 26 heavy (non-hydrogen) atoms. The van der Waals surface area contributed by atoms with Gasteiger partial charge in [-0.1, -0.05) is 0 Å². The maximum Gasteiger partial charge on any atom is 0.303 e. The normalized spacial score (nSPS) is 22.6. The Morgan fingerprint density at radius 3 is 2.38 bits per heavy atom. The minimum absolute atomic E-state index is 0.0639. The Labute approximate surface area is 150 Å². The predicted molar refractivity (Wildman–Crippen MR) is 88.4 cm³/mol. The van der Waals surface area contributed by atoms with Gasteiger partial charge >= 0.3 is 11.9 Å². The number of hydrogen-bond acceptors (Lipinski definition) is 8. The smallest absolute Gasteiger partial charge is 0.303 e. The summed E-state index contributed by atoms with van der Waals surface area (Å²) in [6, 6.07) is 4.96. The molecule has 0 aromatic heterocycles. The number of benzene rings is 1. The third-order valence-corrected chi connectivity index (χ3v) is 4.77. The summed E-state index contributed by atoms with van der Waals surface area (Å²) < 4.78 is 42.5. The fourth-order valence-corrected chi connectivity index (χ4v) is 3.27. The molecule has 0 bridgehead atoms. The topological polar surface area (TPSA) is 128 Å². The van der Waals surface area contributed by atoms with Crippen LogP contribution in [0.3, 0.4) is 0 Å². The van der Waals surface area contributed by atoms with Crippen molar-refractivity contribution in [2.24, 2.45) is 0 Å². The van der Waals surface area contributed by atoms with Crippen molar-refractivity contribution in [2.75, 3.05) is 6.61 Å². The summed E-state index contributed by atoms with van der Waals surface area (Å²) in [7, 11) is -3.92. The summed E-state index contributed by atoms with van der Waals surface area (Å²) in [6.45, 7) is 2.22. The van der Waals surface area contributed by atoms with E-state index >= 15 is 0 Å². The van der Waals surface area contributed by atoms with E-state index in [0.717, 1.165) is 0 Å². The molecule has 0 aliphatic carbocycles. The van der Waals surface area contributed by atoms with E-state index in [1.54, 1.807) is 0 Å². The molecule has 2 rings (SSSR count). The van der Waals surface area contributed by atoms with Crippen LogP contribution < -0.4 is 4.72 Å². The molecule has 142 valence electrons. The molecule has 0 fully saturated rings. The zero-order valence-corrected chi connectivity index (χ0v) is 14.9. The third-order valence-electron chi connectivity index (χ3n) is 3.33. The average molecular weight is 385 g/mol. The highest BCUT2D eigenvalue weighted by molar-refractivity contribution is 7.89. The zero-order valence-electron chi connectivity index (χ0n) is 14.1. The molecule has 9 nitrogen and oxygen atoms in total. The lowest BCUT2D eigenvalue weighted by atomic mass is 10.1. The van der Waals surface area contributed by atoms with Gasteiger partial charge in [0, 0.05) is 13.8 Å². The van der Waals surface area contributed by atoms with Crippen molar-refractivity contribution in [1.82, 2.24) is 4.72 Å². The summed E-state index contributed by atoms with van der Waals surface area (Å²) in [6.07, 6.45) is 0.0987. The standard InChI is InChI=1S/C16H19NO8S/c1-10(18)23-9-15-14(24-11(2)19)7-8-16(25-15)17-26(21,22)13-5-3-12(20)4-6-13/h3-8,14-17,20H,9H2,1-2H3/t14-,15-,16+/m1/s1. The number of phenols is 1. The van der Waals surface area contributed by atoms with Crippen LogP contribution in [0, 0.1) is 0 Å². The van der Waals surface area contributed by atoms with Crippen LogP contribution in [-0.4, -0.2) is 50.5 Å². The van der Waals surface area contributed by atoms with Crippen LogP contribution in [0.15, 0.2) is 41.3 Å². The van der Waals surface area contributed by atoms with E-state index in [0.29, 0.717) is 0 Å². The number of hydrogen-bond donors (Lipinski definition) is 2. The second-order valence-electron chi connectivity index (χ2n) is 5.47. The van der Waals surface area contributed by atoms with Gasteiger partial charge in [0.2, 0.25) is 10.0 Å². The minimum atomic E-state index is -3.92. The monoisotopic (exact) mass is 385 g/mol. The first-order valence-corrected chi connectivity index (χ1v) is 9.11. The van der Waals surface area contributed by atoms with Gasteiger partial charge < -0.3 is 19.3 Å². The third kappa shape index (κ3) is 5.55. The molecule has 0 saturated heterocycles. The quantitative estimate of drug-likeness (QED) is 0.533. The first kappa shape index (κ1) is 19.9. The number of esters is 2. The molecule has 1 heterocycles. The van der Waals surface area contributed by atoms with Gasteiger partial charge in [-0.3, -0.25) is 9.59 Å². The van der Waals surface area contributed by atoms with E-state index in [1.807, 2.05) is 0 Å². The van der Waals surface area contributed by atoms with Gasteiger partial charge in [-0.15, -0.1) is 0 Å². The summed E-state index contributed by atoms with van der Waals surface area (Å²) in [5, 5.41) is 9.25. The molecule has 1 aromatic rings. The number of phenolic OH excluding ortho intramolecular Hbond substituents is 1. The van der Waals surface area contributed by atoms with Crippen LogP contribution in [0.4, 0.5) is 0 Å². The van der Waals surface area contributed by atoms with Crippen molar-refractivity contribution in [2.45, 2.75) is 37.2 Å². The van der Waals surface area contributed by atoms with E-state index in [2.05, 4.69) is 4.72 Å². The summed E-state index contributed by atoms with van der Waals surface area (Å²) in [5.41, 5.74) is 0. The number of aromatic hydroxyl groups is 1. The van der Waals surface area contributed by atoms with Crippen LogP contribution in [-0.2, 0) is 33.8 Å². The van der Waals surface area contributed by atoms with Crippen molar-refractivity contribution >= 4 is 22.0 Å². The fourth-order valence-electron chi connectivity index (χ4n) is 2.20. The predicted octanol–water partition coefficient (Wildman–Crippen LogP) is 0.446. The number of rotatable bonds is 6. The molecule has 1 aliphatic heterocycles. The maximum absolute atomic E-state index is 12.4. The SMILES string of the molecule is CC(=O)OC[C@H]1O[C@H](NS(=O)(=O)c2ccc(O)cc2)C=C[C@H]1OC(C)=O. The van der Waals surface area contributed by atoms with Crippen LogP contribution in [0.5, 0.6) is 5.75 Å². The minimum Gasteiger partial charge on any atom is -0.508 e. The van der Waals surface area contributed by atoms with Crippen molar-refractivity contribution < 1.29 is 37.3 Å². The molecular weight excluding hydrogens is 366 g/mol. The Morgan fingerprint density at radius 2 is 1.81 bits per heavy atom. The van der Waals surface area contributed by atoms with Crippen LogP contribution in [0.25, 0.3) is 0 Å². The van der Waals surface area contributed by atoms with Crippen molar-refractivity contribution in [3.8, 4) is 5.75 Å². The number of ether oxygens (including phenoxy) is 3. The largest absolute Gasteiger partial charge is 0.508 e. The van der Waals surface area contributed by atoms with Crippen molar-refractivity contribution in [3.05, 3.63) is 36.4 Å². The molecule has 0 radical (unpaired) electrons. The Kier molecular flexibility index (Phi) is 6.35. The van der Waals surface area contributed by atoms with Gasteiger partial charge in [-0.25, -0.2) is 8.42 Å². The second-order valence-corrected chi connectivity index (χ2v) is 7.19. The molecule has 1 aromatic carbocycles. The van der Waals surface area contributed by atoms with Gasteiger partial charge in [-0.05, 0) is 36.4 Å². The first-order valence-electron chi connectivity index (χ1n) is 7.63. The lowest BCUT2D eigenvalue weighted by Gasteiger charge is -2.31. The van der Waals surface area contributed by atoms with Crippen LogP contribution >= 0.6 is 0 Å². The van der Waals surface area contributed by atoms with Crippen LogP contribution in [0.2, 0.25) is 0 Å². The molecule has 0 saturated carbocycles. The van der Waals surface area contributed by atoms with E-state index < -0.39 is 40.4 Å². The fraction of sp³-hybridized carbons (Fsp3) is 0.375. The lowest BCUT2D eigenvalue weighted by Crippen LogP contribution is -2.47. The highest BCUT2D eigenvalue weighted by atomic mass is 32.2. The molecule has 0 unspecified atom stereocenters. The Hall–Kier alpha value is -2.43. The highest BCUT2D eigenvalue weighted by Gasteiger charge is 2.32. The van der Waals surface area contributed by atoms with Gasteiger partial charge in [0.05, 0.1) is 4.90 Å². The number of carbonyl (C=O) groups is 2. The summed E-state index contributed by atoms with van der Waals surface area (Å²) >= 11 is 0. The summed E-state index contributed by atoms with van der Waals surface area (Å²) in [5.74, 6) is -1.17. The average Bonchev–Trinajstić information content (AvgIpc) is 2.54. The van der Waals surface area contributed by atoms with E-state index in [1.165, 1.54) is 50.3 Å². The van der Waals surface area contributed by atoms with Crippen molar-refractivity contribution in [3.63, 3.8) is 0 Å². The van der Waals surface area contributed by atoms with E-state index in [9.17, 15) is 23.1 Å². The second kappa shape index (κ2) is 8.30. The van der Waals surface area contributed by atoms with Crippen molar-refractivity contribution in [1.29, 1.82) is 0 Å². The van der Waals surface area contributed by atoms with Gasteiger partial charge in [-0.2, -0.15) is 4.72 Å². The molecule has 3 atom stereocenters. The molecule has 0 amide bonds. The zero-order chi connectivity index (χ0) is 19.3. The van der Waals surface area contributed by atoms with Gasteiger partial charge in [0.15, 0.2) is 0 Å². The number of sulfonamides is 1. The molecule has 1 aliphatic rings. The molecule has 0 spiro atoms. The van der Waals surface area contributed by atoms with E-state index in [4.69, 9.17) is 14.2 Å². The van der Waals surface area contributed by atoms with E-state index in [-0.39, 0.29) is 17.3 Å². The maximum atomic E-state index is 12.4. The molecular formula is C16H19NO8S. The lowest BCUT2D eigenvalue weighted by molar-refractivity contribution is -0.163. The molecule has 10 heteroatoms. The summed E-state index contributed by atoms with van der Waals surface area (Å²) in [4.78, 5) is 22.1. The van der Waals surface area contributed by atoms with Crippen LogP contribution in [0.1, 0.15) is 13.8 Å². The first-order chi connectivity index (χ1) is 12.2. The highest BCUT2D eigenvalue weighted by Crippen LogP contribution is 2.19. The molecule has 2 N–H and O–H groups in total. The Bertz CT molecular complexity index is 787.